The summed E-state index contributed by atoms with van der Waals surface area (Å²) in [4.78, 5) is 16.8. The number of carbonyl (C=O) groups excluding carboxylic acids is 1. The largest absolute Gasteiger partial charge is 0.383 e. The van der Waals surface area contributed by atoms with Gasteiger partial charge < -0.3 is 24.6 Å². The van der Waals surface area contributed by atoms with Crippen LogP contribution in [0.25, 0.3) is 0 Å². The Morgan fingerprint density at radius 2 is 2.05 bits per heavy atom. The first-order chi connectivity index (χ1) is 10.1. The Kier molecular flexibility index (Phi) is 8.84. The summed E-state index contributed by atoms with van der Waals surface area (Å²) in [5, 5.41) is 3.35. The van der Waals surface area contributed by atoms with E-state index in [1.54, 1.807) is 7.11 Å². The van der Waals surface area contributed by atoms with Crippen molar-refractivity contribution in [3.05, 3.63) is 0 Å². The van der Waals surface area contributed by atoms with Crippen molar-refractivity contribution < 1.29 is 14.3 Å². The molecule has 6 heteroatoms. The van der Waals surface area contributed by atoms with Crippen molar-refractivity contribution in [2.75, 3.05) is 67.2 Å². The van der Waals surface area contributed by atoms with Gasteiger partial charge in [0.15, 0.2) is 0 Å². The van der Waals surface area contributed by atoms with Crippen molar-refractivity contribution in [1.29, 1.82) is 0 Å². The molecule has 1 saturated heterocycles. The number of likely N-dealkylation sites (N-methyl/N-ethyl adjacent to an activating group) is 1. The number of hydrogen-bond donors (Lipinski definition) is 1. The first-order valence-corrected chi connectivity index (χ1v) is 7.83. The number of methoxy groups -OCH3 is 1. The van der Waals surface area contributed by atoms with Crippen LogP contribution in [-0.4, -0.2) is 89.0 Å². The third kappa shape index (κ3) is 6.30. The number of nitrogens with one attached hydrogen (secondary N) is 1. The Morgan fingerprint density at radius 1 is 1.29 bits per heavy atom. The van der Waals surface area contributed by atoms with Crippen molar-refractivity contribution in [2.24, 2.45) is 5.92 Å². The third-order valence-corrected chi connectivity index (χ3v) is 3.77. The smallest absolute Gasteiger partial charge is 0.229 e. The zero-order valence-corrected chi connectivity index (χ0v) is 13.9. The highest BCUT2D eigenvalue weighted by Gasteiger charge is 2.35. The van der Waals surface area contributed by atoms with Crippen molar-refractivity contribution in [2.45, 2.75) is 19.4 Å². The van der Waals surface area contributed by atoms with Crippen LogP contribution in [0.2, 0.25) is 0 Å². The van der Waals surface area contributed by atoms with Gasteiger partial charge >= 0.3 is 0 Å². The molecular formula is C15H31N3O3. The second-order valence-corrected chi connectivity index (χ2v) is 5.78. The van der Waals surface area contributed by atoms with Crippen LogP contribution in [-0.2, 0) is 14.3 Å². The van der Waals surface area contributed by atoms with E-state index in [9.17, 15) is 4.79 Å². The van der Waals surface area contributed by atoms with Gasteiger partial charge in [-0.25, -0.2) is 0 Å². The van der Waals surface area contributed by atoms with Crippen LogP contribution in [0.4, 0.5) is 0 Å². The Balaban J connectivity index is 2.56. The molecule has 1 fully saturated rings. The van der Waals surface area contributed by atoms with Crippen molar-refractivity contribution in [3.63, 3.8) is 0 Å². The minimum Gasteiger partial charge on any atom is -0.383 e. The van der Waals surface area contributed by atoms with Crippen LogP contribution >= 0.6 is 0 Å². The van der Waals surface area contributed by atoms with Gasteiger partial charge in [0.2, 0.25) is 5.91 Å². The monoisotopic (exact) mass is 301 g/mol. The van der Waals surface area contributed by atoms with E-state index in [1.807, 2.05) is 19.0 Å². The van der Waals surface area contributed by atoms with Crippen molar-refractivity contribution in [3.8, 4) is 0 Å². The molecule has 6 nitrogen and oxygen atoms in total. The Bertz CT molecular complexity index is 300. The van der Waals surface area contributed by atoms with Crippen molar-refractivity contribution in [1.82, 2.24) is 15.1 Å². The molecular weight excluding hydrogens is 270 g/mol. The Morgan fingerprint density at radius 3 is 2.67 bits per heavy atom. The highest BCUT2D eigenvalue weighted by molar-refractivity contribution is 5.80. The lowest BCUT2D eigenvalue weighted by molar-refractivity contribution is -0.136. The van der Waals surface area contributed by atoms with Crippen LogP contribution in [0.15, 0.2) is 0 Å². The van der Waals surface area contributed by atoms with Gasteiger partial charge in [0.05, 0.1) is 25.7 Å². The third-order valence-electron chi connectivity index (χ3n) is 3.77. The molecule has 21 heavy (non-hydrogen) atoms. The number of amides is 1. The molecule has 0 aromatic heterocycles. The average Bonchev–Trinajstić information content (AvgIpc) is 2.90. The molecule has 0 aromatic rings. The topological polar surface area (TPSA) is 54.0 Å². The average molecular weight is 301 g/mol. The van der Waals surface area contributed by atoms with Gasteiger partial charge in [0.25, 0.3) is 0 Å². The summed E-state index contributed by atoms with van der Waals surface area (Å²) in [7, 11) is 5.77. The van der Waals surface area contributed by atoms with Gasteiger partial charge in [0.1, 0.15) is 0 Å². The minimum absolute atomic E-state index is 0.0684. The molecule has 2 unspecified atom stereocenters. The molecule has 124 valence electrons. The quantitative estimate of drug-likeness (QED) is 0.617. The molecule has 0 spiro atoms. The van der Waals surface area contributed by atoms with E-state index in [0.29, 0.717) is 26.4 Å². The van der Waals surface area contributed by atoms with Crippen LogP contribution in [0.3, 0.4) is 0 Å². The highest BCUT2D eigenvalue weighted by atomic mass is 16.5. The van der Waals surface area contributed by atoms with E-state index in [1.165, 1.54) is 0 Å². The number of carbonyl (C=O) groups is 1. The molecule has 0 saturated carbocycles. The number of nitrogens with zero attached hydrogens (tertiary/aromatic N) is 2. The maximum absolute atomic E-state index is 12.7. The van der Waals surface area contributed by atoms with E-state index in [-0.39, 0.29) is 17.9 Å². The Labute approximate surface area is 128 Å². The summed E-state index contributed by atoms with van der Waals surface area (Å²) in [6.45, 7) is 7.04. The molecule has 2 atom stereocenters. The predicted molar refractivity (Wildman–Crippen MR) is 83.4 cm³/mol. The summed E-state index contributed by atoms with van der Waals surface area (Å²) < 4.78 is 10.6. The van der Waals surface area contributed by atoms with E-state index < -0.39 is 0 Å². The molecule has 1 heterocycles. The lowest BCUT2D eigenvalue weighted by Crippen LogP contribution is -2.47. The summed E-state index contributed by atoms with van der Waals surface area (Å²) in [5.41, 5.74) is 0. The fourth-order valence-electron chi connectivity index (χ4n) is 2.61. The van der Waals surface area contributed by atoms with Gasteiger partial charge in [-0.3, -0.25) is 4.79 Å². The minimum atomic E-state index is -0.0684. The molecule has 1 aliphatic heterocycles. The van der Waals surface area contributed by atoms with E-state index in [2.05, 4.69) is 17.1 Å². The number of hydrogen-bond acceptors (Lipinski definition) is 5. The summed E-state index contributed by atoms with van der Waals surface area (Å²) in [6.07, 6.45) is 0.974. The van der Waals surface area contributed by atoms with Crippen LogP contribution in [0.5, 0.6) is 0 Å². The van der Waals surface area contributed by atoms with Gasteiger partial charge in [-0.2, -0.15) is 0 Å². The zero-order valence-electron chi connectivity index (χ0n) is 13.9. The normalized spacial score (nSPS) is 22.0. The Hall–Kier alpha value is -0.690. The zero-order chi connectivity index (χ0) is 15.7. The summed E-state index contributed by atoms with van der Waals surface area (Å²) in [6, 6.07) is 0.140. The molecule has 1 amide bonds. The molecule has 1 rings (SSSR count). The molecule has 0 bridgehead atoms. The maximum atomic E-state index is 12.7. The predicted octanol–water partition coefficient (Wildman–Crippen LogP) is 0.0376. The van der Waals surface area contributed by atoms with Crippen molar-refractivity contribution >= 4 is 5.91 Å². The number of rotatable bonds is 10. The van der Waals surface area contributed by atoms with E-state index in [4.69, 9.17) is 9.47 Å². The van der Waals surface area contributed by atoms with E-state index >= 15 is 0 Å². The van der Waals surface area contributed by atoms with Crippen LogP contribution in [0, 0.1) is 5.92 Å². The fraction of sp³-hybridized carbons (Fsp3) is 0.933. The molecule has 1 aliphatic rings. The molecule has 1 N–H and O–H groups in total. The van der Waals surface area contributed by atoms with Gasteiger partial charge in [-0.1, -0.05) is 6.92 Å². The molecule has 0 aliphatic carbocycles. The number of ether oxygens (including phenoxy) is 2. The first-order valence-electron chi connectivity index (χ1n) is 7.83. The second kappa shape index (κ2) is 10.1. The second-order valence-electron chi connectivity index (χ2n) is 5.78. The van der Waals surface area contributed by atoms with Crippen LogP contribution in [0.1, 0.15) is 13.3 Å². The van der Waals surface area contributed by atoms with Gasteiger partial charge in [-0.05, 0) is 33.6 Å². The lowest BCUT2D eigenvalue weighted by Gasteiger charge is -2.28. The SMILES string of the molecule is CCNC1COCC1C(=O)N(CCCN(C)C)CCOC. The summed E-state index contributed by atoms with van der Waals surface area (Å²) in [5.74, 6) is 0.121. The first kappa shape index (κ1) is 18.4. The molecule has 0 aromatic carbocycles. The highest BCUT2D eigenvalue weighted by Crippen LogP contribution is 2.17. The standard InChI is InChI=1S/C15H31N3O3/c1-5-16-14-12-21-11-13(14)15(19)18(9-10-20-4)8-6-7-17(2)3/h13-14,16H,5-12H2,1-4H3. The van der Waals surface area contributed by atoms with Crippen LogP contribution < -0.4 is 5.32 Å². The summed E-state index contributed by atoms with van der Waals surface area (Å²) >= 11 is 0. The molecule has 0 radical (unpaired) electrons. The van der Waals surface area contributed by atoms with Gasteiger partial charge in [0, 0.05) is 26.2 Å². The van der Waals surface area contributed by atoms with E-state index in [0.717, 1.165) is 26.1 Å². The maximum Gasteiger partial charge on any atom is 0.229 e. The van der Waals surface area contributed by atoms with Gasteiger partial charge in [-0.15, -0.1) is 0 Å². The fourth-order valence-corrected chi connectivity index (χ4v) is 2.61. The lowest BCUT2D eigenvalue weighted by atomic mass is 10.0.